The molecular formula is C33H42ClN9O4. The Bertz CT molecular complexity index is 1580. The summed E-state index contributed by atoms with van der Waals surface area (Å²) in [5, 5.41) is 12.9. The lowest BCUT2D eigenvalue weighted by molar-refractivity contribution is -0.0458. The minimum atomic E-state index is -0.164. The van der Waals surface area contributed by atoms with E-state index < -0.39 is 0 Å². The van der Waals surface area contributed by atoms with Gasteiger partial charge < -0.3 is 24.3 Å². The Morgan fingerprint density at radius 3 is 2.45 bits per heavy atom. The molecule has 0 amide bonds. The first-order valence-electron chi connectivity index (χ1n) is 16.5. The Balaban J connectivity index is 1.01. The van der Waals surface area contributed by atoms with Crippen LogP contribution in [0.25, 0.3) is 11.1 Å². The molecule has 3 atom stereocenters. The minimum Gasteiger partial charge on any atom is -0.487 e. The van der Waals surface area contributed by atoms with Crippen LogP contribution >= 0.6 is 11.6 Å². The van der Waals surface area contributed by atoms with Crippen molar-refractivity contribution >= 4 is 23.2 Å². The molecule has 3 fully saturated rings. The van der Waals surface area contributed by atoms with Crippen molar-refractivity contribution in [2.24, 2.45) is 0 Å². The molecule has 0 unspecified atom stereocenters. The van der Waals surface area contributed by atoms with Gasteiger partial charge >= 0.3 is 0 Å². The molecule has 0 radical (unpaired) electrons. The average Bonchev–Trinajstić information content (AvgIpc) is 3.81. The van der Waals surface area contributed by atoms with Crippen LogP contribution in [0.3, 0.4) is 0 Å². The van der Waals surface area contributed by atoms with Crippen LogP contribution in [0.15, 0.2) is 49.4 Å². The molecule has 1 aromatic carbocycles. The zero-order valence-corrected chi connectivity index (χ0v) is 27.6. The Kier molecular flexibility index (Phi) is 9.84. The van der Waals surface area contributed by atoms with Gasteiger partial charge in [0.25, 0.3) is 5.88 Å². The molecule has 1 aliphatic carbocycles. The molecule has 1 saturated carbocycles. The highest BCUT2D eigenvalue weighted by molar-refractivity contribution is 6.32. The summed E-state index contributed by atoms with van der Waals surface area (Å²) in [5.74, 6) is 1.54. The van der Waals surface area contributed by atoms with Gasteiger partial charge in [-0.3, -0.25) is 9.58 Å². The molecule has 7 rings (SSSR count). The Labute approximate surface area is 279 Å². The quantitative estimate of drug-likeness (QED) is 0.190. The number of rotatable bonds is 13. The van der Waals surface area contributed by atoms with Gasteiger partial charge in [-0.05, 0) is 63.1 Å². The van der Waals surface area contributed by atoms with Crippen molar-refractivity contribution in [1.82, 2.24) is 39.4 Å². The van der Waals surface area contributed by atoms with Crippen LogP contribution in [-0.2, 0) is 16.0 Å². The van der Waals surface area contributed by atoms with E-state index in [0.717, 1.165) is 42.9 Å². The largest absolute Gasteiger partial charge is 0.487 e. The van der Waals surface area contributed by atoms with E-state index in [1.165, 1.54) is 32.0 Å². The molecule has 4 aromatic rings. The number of hydrogen-bond acceptors (Lipinski definition) is 11. The van der Waals surface area contributed by atoms with Gasteiger partial charge in [-0.15, -0.1) is 5.10 Å². The van der Waals surface area contributed by atoms with Gasteiger partial charge in [0.2, 0.25) is 5.95 Å². The maximum absolute atomic E-state index is 6.46. The van der Waals surface area contributed by atoms with Crippen molar-refractivity contribution in [2.45, 2.75) is 82.3 Å². The fourth-order valence-electron chi connectivity index (χ4n) is 7.13. The lowest BCUT2D eigenvalue weighted by Crippen LogP contribution is -2.52. The highest BCUT2D eigenvalue weighted by Gasteiger charge is 2.42. The lowest BCUT2D eigenvalue weighted by Gasteiger charge is -2.43. The predicted octanol–water partition coefficient (Wildman–Crippen LogP) is 5.17. The molecule has 0 spiro atoms. The second-order valence-electron chi connectivity index (χ2n) is 12.6. The molecule has 47 heavy (non-hydrogen) atoms. The van der Waals surface area contributed by atoms with Crippen LogP contribution in [0.2, 0.25) is 5.02 Å². The topological polar surface area (TPSA) is 127 Å². The number of ether oxygens (including phenoxy) is 4. The van der Waals surface area contributed by atoms with Crippen LogP contribution in [0.4, 0.5) is 11.6 Å². The summed E-state index contributed by atoms with van der Waals surface area (Å²) in [6.07, 6.45) is 15.6. The van der Waals surface area contributed by atoms with E-state index in [2.05, 4.69) is 34.9 Å². The molecule has 1 N–H and O–H groups in total. The van der Waals surface area contributed by atoms with Crippen molar-refractivity contribution < 1.29 is 18.9 Å². The summed E-state index contributed by atoms with van der Waals surface area (Å²) in [6.45, 7) is 5.15. The summed E-state index contributed by atoms with van der Waals surface area (Å²) in [4.78, 5) is 16.0. The molecule has 14 heteroatoms. The summed E-state index contributed by atoms with van der Waals surface area (Å²) < 4.78 is 27.0. The molecule has 13 nitrogen and oxygen atoms in total. The van der Waals surface area contributed by atoms with E-state index in [4.69, 9.17) is 35.6 Å². The van der Waals surface area contributed by atoms with E-state index >= 15 is 0 Å². The third kappa shape index (κ3) is 7.38. The standard InChI is InChI=1S/C33H42ClN9O4/c1-22(16-41-21-35-20-38-41)47-31-13-23(3-10-29(31)34)24-14-36-33(37-15-24)39-30-17-42(40-32(30)46-12-11-44-2)25-4-6-26(7-5-25)43-27-8-9-28(43)19-45-18-27/h3,10,13-15,17,20-22,25-28H,4-9,11-12,16,18-19H2,1-2H3,(H,36,37,39)/t22-,25-,26-,27-,28+/m0/s1. The van der Waals surface area contributed by atoms with Gasteiger partial charge in [-0.25, -0.2) is 19.6 Å². The molecule has 2 aliphatic heterocycles. The second-order valence-corrected chi connectivity index (χ2v) is 13.0. The first-order chi connectivity index (χ1) is 23.0. The van der Waals surface area contributed by atoms with Crippen LogP contribution in [0, 0.1) is 0 Å². The predicted molar refractivity (Wildman–Crippen MR) is 176 cm³/mol. The van der Waals surface area contributed by atoms with Crippen LogP contribution in [0.1, 0.15) is 51.5 Å². The van der Waals surface area contributed by atoms with Crippen molar-refractivity contribution in [3.63, 3.8) is 0 Å². The number of nitrogens with zero attached hydrogens (tertiary/aromatic N) is 8. The Morgan fingerprint density at radius 2 is 1.72 bits per heavy atom. The molecular weight excluding hydrogens is 622 g/mol. The lowest BCUT2D eigenvalue weighted by atomic mass is 9.89. The van der Waals surface area contributed by atoms with E-state index in [-0.39, 0.29) is 6.10 Å². The smallest absolute Gasteiger partial charge is 0.257 e. The van der Waals surface area contributed by atoms with E-state index in [1.54, 1.807) is 30.5 Å². The first-order valence-corrected chi connectivity index (χ1v) is 16.9. The van der Waals surface area contributed by atoms with Crippen molar-refractivity contribution in [3.05, 3.63) is 54.5 Å². The first kappa shape index (κ1) is 31.8. The van der Waals surface area contributed by atoms with Gasteiger partial charge in [0.05, 0.1) is 43.6 Å². The number of aromatic nitrogens is 7. The van der Waals surface area contributed by atoms with Gasteiger partial charge in [-0.1, -0.05) is 17.7 Å². The third-order valence-corrected chi connectivity index (χ3v) is 9.70. The number of anilines is 2. The minimum absolute atomic E-state index is 0.164. The Hall–Kier alpha value is -3.78. The summed E-state index contributed by atoms with van der Waals surface area (Å²) in [7, 11) is 1.66. The number of morpholine rings is 1. The number of fused-ring (bicyclic) bond motifs is 2. The number of methoxy groups -OCH3 is 1. The van der Waals surface area contributed by atoms with Crippen molar-refractivity contribution in [1.29, 1.82) is 0 Å². The highest BCUT2D eigenvalue weighted by Crippen LogP contribution is 2.39. The van der Waals surface area contributed by atoms with Crippen molar-refractivity contribution in [3.8, 4) is 22.8 Å². The molecule has 3 aromatic heterocycles. The van der Waals surface area contributed by atoms with Crippen LogP contribution < -0.4 is 14.8 Å². The summed E-state index contributed by atoms with van der Waals surface area (Å²) >= 11 is 6.46. The van der Waals surface area contributed by atoms with Gasteiger partial charge in [0, 0.05) is 43.2 Å². The Morgan fingerprint density at radius 1 is 0.979 bits per heavy atom. The van der Waals surface area contributed by atoms with Crippen LogP contribution in [-0.4, -0.2) is 97.2 Å². The highest BCUT2D eigenvalue weighted by atomic mass is 35.5. The number of hydrogen-bond donors (Lipinski definition) is 1. The normalized spacial score (nSPS) is 23.5. The zero-order valence-electron chi connectivity index (χ0n) is 26.9. The van der Waals surface area contributed by atoms with E-state index in [1.807, 2.05) is 31.3 Å². The summed E-state index contributed by atoms with van der Waals surface area (Å²) in [5.41, 5.74) is 2.45. The molecule has 2 saturated heterocycles. The number of halogens is 1. The fourth-order valence-corrected chi connectivity index (χ4v) is 7.30. The second kappa shape index (κ2) is 14.5. The van der Waals surface area contributed by atoms with E-state index in [0.29, 0.717) is 66.5 Å². The number of nitrogens with one attached hydrogen (secondary N) is 1. The zero-order chi connectivity index (χ0) is 32.2. The number of benzene rings is 1. The van der Waals surface area contributed by atoms with Gasteiger partial charge in [0.1, 0.15) is 36.8 Å². The van der Waals surface area contributed by atoms with Crippen LogP contribution in [0.5, 0.6) is 11.6 Å². The van der Waals surface area contributed by atoms with Gasteiger partial charge in [-0.2, -0.15) is 5.10 Å². The monoisotopic (exact) mass is 663 g/mol. The maximum Gasteiger partial charge on any atom is 0.257 e. The van der Waals surface area contributed by atoms with E-state index in [9.17, 15) is 0 Å². The average molecular weight is 664 g/mol. The maximum atomic E-state index is 6.46. The third-order valence-electron chi connectivity index (χ3n) is 9.38. The molecule has 250 valence electrons. The SMILES string of the molecule is COCCOc1nn([C@H]2CC[C@H](N3[C@@H]4CC[C@H]3COC4)CC2)cc1Nc1ncc(-c2ccc(Cl)c(O[C@@H](C)Cn3cncn3)c2)cn1. The molecule has 5 heterocycles. The van der Waals surface area contributed by atoms with Gasteiger partial charge in [0.15, 0.2) is 0 Å². The molecule has 3 aliphatic rings. The molecule has 2 bridgehead atoms. The van der Waals surface area contributed by atoms with Crippen molar-refractivity contribution in [2.75, 3.05) is 38.9 Å². The summed E-state index contributed by atoms with van der Waals surface area (Å²) in [6, 6.07) is 7.78. The fraction of sp³-hybridized carbons (Fsp3) is 0.545.